The van der Waals surface area contributed by atoms with Crippen LogP contribution in [0.25, 0.3) is 11.3 Å². The summed E-state index contributed by atoms with van der Waals surface area (Å²) in [5.74, 6) is 0.909. The number of anilines is 3. The molecule has 1 unspecified atom stereocenters. The van der Waals surface area contributed by atoms with Gasteiger partial charge in [0.2, 0.25) is 5.95 Å². The van der Waals surface area contributed by atoms with Gasteiger partial charge in [-0.1, -0.05) is 17.7 Å². The van der Waals surface area contributed by atoms with Gasteiger partial charge in [-0.25, -0.2) is 15.0 Å². The molecule has 1 atom stereocenters. The van der Waals surface area contributed by atoms with Crippen molar-refractivity contribution in [3.8, 4) is 17.3 Å². The number of halogens is 1. The monoisotopic (exact) mass is 473 g/mol. The summed E-state index contributed by atoms with van der Waals surface area (Å²) in [5, 5.41) is 32.4. The Bertz CT molecular complexity index is 1400. The summed E-state index contributed by atoms with van der Waals surface area (Å²) in [6.45, 7) is 0.593. The molecule has 34 heavy (non-hydrogen) atoms. The van der Waals surface area contributed by atoms with Gasteiger partial charge in [-0.05, 0) is 41.8 Å². The highest BCUT2D eigenvalue weighted by atomic mass is 35.5. The van der Waals surface area contributed by atoms with Gasteiger partial charge in [0.15, 0.2) is 5.82 Å². The van der Waals surface area contributed by atoms with Crippen LogP contribution in [0.5, 0.6) is 0 Å². The average Bonchev–Trinajstić information content (AvgIpc) is 3.46. The second-order valence-corrected chi connectivity index (χ2v) is 8.19. The van der Waals surface area contributed by atoms with Gasteiger partial charge in [0.25, 0.3) is 0 Å². The second kappa shape index (κ2) is 9.05. The molecule has 0 spiro atoms. The third kappa shape index (κ3) is 4.26. The van der Waals surface area contributed by atoms with Crippen LogP contribution >= 0.6 is 11.6 Å². The van der Waals surface area contributed by atoms with Crippen LogP contribution in [0, 0.1) is 11.3 Å². The highest BCUT2D eigenvalue weighted by Crippen LogP contribution is 2.37. The molecule has 1 aliphatic heterocycles. The summed E-state index contributed by atoms with van der Waals surface area (Å²) in [6, 6.07) is 11.5. The lowest BCUT2D eigenvalue weighted by atomic mass is 10.0. The zero-order valence-electron chi connectivity index (χ0n) is 18.2. The number of fused-ring (bicyclic) bond motifs is 1. The molecule has 0 saturated carbocycles. The molecule has 0 bridgehead atoms. The molecule has 0 amide bonds. The molecule has 0 fully saturated rings. The van der Waals surface area contributed by atoms with Crippen molar-refractivity contribution in [1.82, 2.24) is 29.9 Å². The molecule has 4 aromatic rings. The van der Waals surface area contributed by atoms with Crippen LogP contribution in [-0.4, -0.2) is 47.8 Å². The van der Waals surface area contributed by atoms with Crippen molar-refractivity contribution in [3.63, 3.8) is 0 Å². The number of benzene rings is 1. The van der Waals surface area contributed by atoms with Crippen LogP contribution < -0.4 is 10.2 Å². The minimum atomic E-state index is -0.831. The third-order valence-electron chi connectivity index (χ3n) is 5.61. The van der Waals surface area contributed by atoms with Gasteiger partial charge in [0, 0.05) is 38.0 Å². The lowest BCUT2D eigenvalue weighted by Gasteiger charge is -2.27. The molecule has 11 heteroatoms. The number of aliphatic hydroxyl groups is 1. The molecule has 0 saturated heterocycles. The molecule has 2 N–H and O–H groups in total. The van der Waals surface area contributed by atoms with E-state index in [2.05, 4.69) is 36.5 Å². The quantitative estimate of drug-likeness (QED) is 0.406. The van der Waals surface area contributed by atoms with E-state index >= 15 is 0 Å². The molecule has 0 radical (unpaired) electrons. The van der Waals surface area contributed by atoms with Crippen molar-refractivity contribution in [2.45, 2.75) is 19.1 Å². The van der Waals surface area contributed by atoms with E-state index in [1.165, 1.54) is 4.80 Å². The number of hydrogen-bond acceptors (Lipinski definition) is 9. The molecule has 4 heterocycles. The Balaban J connectivity index is 1.43. The summed E-state index contributed by atoms with van der Waals surface area (Å²) in [4.78, 5) is 16.2. The van der Waals surface area contributed by atoms with Crippen molar-refractivity contribution in [3.05, 3.63) is 70.8 Å². The predicted octanol–water partition coefficient (Wildman–Crippen LogP) is 2.86. The van der Waals surface area contributed by atoms with Crippen molar-refractivity contribution in [1.29, 1.82) is 5.26 Å². The Kier molecular flexibility index (Phi) is 5.79. The zero-order chi connectivity index (χ0) is 23.7. The number of nitrogens with zero attached hydrogens (tertiary/aromatic N) is 8. The van der Waals surface area contributed by atoms with Crippen LogP contribution in [0.4, 0.5) is 17.5 Å². The number of hydrogen-bond donors (Lipinski definition) is 2. The first-order valence-corrected chi connectivity index (χ1v) is 11.0. The van der Waals surface area contributed by atoms with Crippen LogP contribution in [0.2, 0.25) is 5.15 Å². The van der Waals surface area contributed by atoms with Gasteiger partial charge in [-0.2, -0.15) is 15.2 Å². The maximum atomic E-state index is 10.9. The third-order valence-corrected chi connectivity index (χ3v) is 5.95. The topological polar surface area (TPSA) is 129 Å². The number of nitriles is 1. The van der Waals surface area contributed by atoms with E-state index in [0.717, 1.165) is 22.4 Å². The van der Waals surface area contributed by atoms with Gasteiger partial charge in [-0.15, -0.1) is 5.10 Å². The Morgan fingerprint density at radius 1 is 1.26 bits per heavy atom. The van der Waals surface area contributed by atoms with E-state index in [-0.39, 0.29) is 0 Å². The minimum Gasteiger partial charge on any atom is -0.373 e. The first-order chi connectivity index (χ1) is 16.5. The summed E-state index contributed by atoms with van der Waals surface area (Å²) in [6.07, 6.45) is 5.02. The number of aliphatic hydroxyl groups excluding tert-OH is 1. The summed E-state index contributed by atoms with van der Waals surface area (Å²) < 4.78 is 0. The average molecular weight is 474 g/mol. The lowest BCUT2D eigenvalue weighted by Crippen LogP contribution is -2.35. The number of aromatic nitrogens is 6. The Morgan fingerprint density at radius 3 is 2.91 bits per heavy atom. The molecule has 1 aromatic carbocycles. The van der Waals surface area contributed by atoms with Gasteiger partial charge >= 0.3 is 0 Å². The van der Waals surface area contributed by atoms with Gasteiger partial charge in [0.1, 0.15) is 17.5 Å². The fourth-order valence-corrected chi connectivity index (χ4v) is 4.28. The summed E-state index contributed by atoms with van der Waals surface area (Å²) in [7, 11) is 1.72. The minimum absolute atomic E-state index is 0.308. The normalized spacial score (nSPS) is 13.4. The molecule has 5 rings (SSSR count). The SMILES string of the molecule is Cn1ncc(Nc2nccc(-c3cc(C#N)c4c(c3)CCN4C(O)Cc3cccnc3Cl)n2)n1. The molecular formula is C23H20ClN9O. The lowest BCUT2D eigenvalue weighted by molar-refractivity contribution is 0.171. The molecule has 1 aliphatic rings. The van der Waals surface area contributed by atoms with Crippen LogP contribution in [0.1, 0.15) is 16.7 Å². The number of nitrogens with one attached hydrogen (secondary N) is 1. The highest BCUT2D eigenvalue weighted by Gasteiger charge is 2.29. The molecular weight excluding hydrogens is 454 g/mol. The maximum absolute atomic E-state index is 10.9. The number of aryl methyl sites for hydroxylation is 1. The highest BCUT2D eigenvalue weighted by molar-refractivity contribution is 6.30. The molecule has 3 aromatic heterocycles. The Hall–Kier alpha value is -4.07. The standard InChI is InChI=1S/C23H20ClN9O/c1-32-28-13-19(31-32)30-23-27-7-4-18(29-23)16-9-14-5-8-33(21(14)17(10-16)12-25)20(34)11-15-3-2-6-26-22(15)24/h2-4,6-7,9-10,13,20,34H,5,8,11H2,1H3,(H,27,29,30,31). The van der Waals surface area contributed by atoms with E-state index in [9.17, 15) is 10.4 Å². The van der Waals surface area contributed by atoms with E-state index < -0.39 is 6.23 Å². The largest absolute Gasteiger partial charge is 0.373 e. The van der Waals surface area contributed by atoms with Crippen molar-refractivity contribution in [2.75, 3.05) is 16.8 Å². The van der Waals surface area contributed by atoms with E-state index in [1.807, 2.05) is 17.0 Å². The Morgan fingerprint density at radius 2 is 2.15 bits per heavy atom. The molecule has 170 valence electrons. The summed E-state index contributed by atoms with van der Waals surface area (Å²) >= 11 is 6.17. The number of pyridine rings is 1. The van der Waals surface area contributed by atoms with E-state index in [0.29, 0.717) is 47.6 Å². The van der Waals surface area contributed by atoms with Crippen molar-refractivity contribution in [2.24, 2.45) is 7.05 Å². The Labute approximate surface area is 200 Å². The van der Waals surface area contributed by atoms with Crippen LogP contribution in [0.3, 0.4) is 0 Å². The van der Waals surface area contributed by atoms with Crippen LogP contribution in [0.15, 0.2) is 48.9 Å². The van der Waals surface area contributed by atoms with Gasteiger partial charge in [0.05, 0.1) is 23.1 Å². The zero-order valence-corrected chi connectivity index (χ0v) is 19.0. The molecule has 10 nitrogen and oxygen atoms in total. The molecule has 0 aliphatic carbocycles. The summed E-state index contributed by atoms with van der Waals surface area (Å²) in [5.41, 5.74) is 4.42. The number of rotatable bonds is 6. The second-order valence-electron chi connectivity index (χ2n) is 7.83. The smallest absolute Gasteiger partial charge is 0.228 e. The first-order valence-electron chi connectivity index (χ1n) is 10.6. The predicted molar refractivity (Wildman–Crippen MR) is 126 cm³/mol. The van der Waals surface area contributed by atoms with Crippen molar-refractivity contribution >= 4 is 29.1 Å². The maximum Gasteiger partial charge on any atom is 0.228 e. The fraction of sp³-hybridized carbons (Fsp3) is 0.217. The first kappa shape index (κ1) is 21.8. The van der Waals surface area contributed by atoms with Crippen LogP contribution in [-0.2, 0) is 19.9 Å². The fourth-order valence-electron chi connectivity index (χ4n) is 4.08. The van der Waals surface area contributed by atoms with Gasteiger partial charge in [-0.3, -0.25) is 0 Å². The van der Waals surface area contributed by atoms with E-state index in [1.54, 1.807) is 43.8 Å². The van der Waals surface area contributed by atoms with Crippen molar-refractivity contribution < 1.29 is 5.11 Å². The van der Waals surface area contributed by atoms with Gasteiger partial charge < -0.3 is 15.3 Å². The van der Waals surface area contributed by atoms with E-state index in [4.69, 9.17) is 11.6 Å².